The van der Waals surface area contributed by atoms with E-state index in [0.29, 0.717) is 6.54 Å². The number of pyridine rings is 1. The molecule has 0 saturated carbocycles. The molecule has 1 aromatic heterocycles. The van der Waals surface area contributed by atoms with Crippen molar-refractivity contribution in [2.75, 3.05) is 0 Å². The van der Waals surface area contributed by atoms with Crippen molar-refractivity contribution < 1.29 is 0 Å². The van der Waals surface area contributed by atoms with Gasteiger partial charge in [0.05, 0.1) is 12.2 Å². The van der Waals surface area contributed by atoms with Gasteiger partial charge in [0.15, 0.2) is 0 Å². The van der Waals surface area contributed by atoms with Gasteiger partial charge in [0.2, 0.25) is 0 Å². The Kier molecular flexibility index (Phi) is 3.10. The number of benzene rings is 3. The van der Waals surface area contributed by atoms with Crippen LogP contribution in [0.3, 0.4) is 0 Å². The summed E-state index contributed by atoms with van der Waals surface area (Å²) in [5.74, 6) is 0. The third-order valence-electron chi connectivity index (χ3n) is 5.11. The van der Waals surface area contributed by atoms with Gasteiger partial charge in [-0.2, -0.15) is 0 Å². The van der Waals surface area contributed by atoms with Gasteiger partial charge in [0, 0.05) is 17.4 Å². The number of fused-ring (bicyclic) bond motifs is 5. The molecular formula is C23H17NO. The maximum absolute atomic E-state index is 13.3. The average molecular weight is 323 g/mol. The van der Waals surface area contributed by atoms with E-state index in [0.717, 1.165) is 28.5 Å². The highest BCUT2D eigenvalue weighted by atomic mass is 16.1. The largest absolute Gasteiger partial charge is 0.303 e. The Balaban J connectivity index is 1.86. The van der Waals surface area contributed by atoms with Crippen LogP contribution in [0, 0.1) is 0 Å². The molecule has 1 aliphatic rings. The van der Waals surface area contributed by atoms with Crippen molar-refractivity contribution in [2.24, 2.45) is 0 Å². The molecule has 0 aliphatic heterocycles. The van der Waals surface area contributed by atoms with Crippen molar-refractivity contribution in [1.82, 2.24) is 4.57 Å². The first kappa shape index (κ1) is 14.2. The van der Waals surface area contributed by atoms with Gasteiger partial charge in [0.25, 0.3) is 5.56 Å². The van der Waals surface area contributed by atoms with E-state index >= 15 is 0 Å². The molecular weight excluding hydrogens is 306 g/mol. The highest BCUT2D eigenvalue weighted by molar-refractivity contribution is 5.93. The molecule has 0 saturated heterocycles. The first-order valence-corrected chi connectivity index (χ1v) is 8.59. The maximum Gasteiger partial charge on any atom is 0.259 e. The lowest BCUT2D eigenvalue weighted by Crippen LogP contribution is -2.23. The lowest BCUT2D eigenvalue weighted by atomic mass is 10.0. The van der Waals surface area contributed by atoms with Gasteiger partial charge in [-0.05, 0) is 28.1 Å². The molecule has 0 fully saturated rings. The zero-order valence-corrected chi connectivity index (χ0v) is 13.8. The van der Waals surface area contributed by atoms with E-state index in [9.17, 15) is 4.79 Å². The highest BCUT2D eigenvalue weighted by Gasteiger charge is 2.25. The molecule has 120 valence electrons. The van der Waals surface area contributed by atoms with Crippen LogP contribution in [0.2, 0.25) is 0 Å². The fraction of sp³-hybridized carbons (Fsp3) is 0.0870. The second-order valence-electron chi connectivity index (χ2n) is 6.58. The van der Waals surface area contributed by atoms with Crippen molar-refractivity contribution in [1.29, 1.82) is 0 Å². The number of nitrogens with zero attached hydrogens (tertiary/aromatic N) is 1. The summed E-state index contributed by atoms with van der Waals surface area (Å²) in [5, 5.41) is 1.90. The van der Waals surface area contributed by atoms with Crippen LogP contribution in [0.1, 0.15) is 16.7 Å². The standard InChI is InChI=1S/C23H17NO/c25-23-20-13-7-6-12-19(20)21-14-17-10-4-5-11-18(17)22(21)24(23)15-16-8-2-1-3-9-16/h1-13H,14-15H2. The Morgan fingerprint density at radius 2 is 1.44 bits per heavy atom. The highest BCUT2D eigenvalue weighted by Crippen LogP contribution is 2.39. The molecule has 0 bridgehead atoms. The molecule has 4 aromatic rings. The predicted octanol–water partition coefficient (Wildman–Crippen LogP) is 4.62. The van der Waals surface area contributed by atoms with E-state index in [1.54, 1.807) is 0 Å². The molecule has 0 atom stereocenters. The van der Waals surface area contributed by atoms with Crippen LogP contribution in [-0.2, 0) is 13.0 Å². The summed E-state index contributed by atoms with van der Waals surface area (Å²) >= 11 is 0. The van der Waals surface area contributed by atoms with Crippen LogP contribution in [0.5, 0.6) is 0 Å². The maximum atomic E-state index is 13.3. The average Bonchev–Trinajstić information content (AvgIpc) is 3.06. The van der Waals surface area contributed by atoms with E-state index in [1.807, 2.05) is 41.0 Å². The molecule has 0 N–H and O–H groups in total. The fourth-order valence-electron chi connectivity index (χ4n) is 3.97. The second kappa shape index (κ2) is 5.45. The molecule has 2 nitrogen and oxygen atoms in total. The van der Waals surface area contributed by atoms with Crippen LogP contribution in [0.4, 0.5) is 0 Å². The molecule has 0 unspecified atom stereocenters. The van der Waals surface area contributed by atoms with Crippen molar-refractivity contribution in [3.05, 3.63) is 106 Å². The molecule has 25 heavy (non-hydrogen) atoms. The molecule has 2 heteroatoms. The SMILES string of the molecule is O=c1c2ccccc2c2c(n1Cc1ccccc1)-c1ccccc1C2. The Morgan fingerprint density at radius 3 is 2.28 bits per heavy atom. The minimum absolute atomic E-state index is 0.0925. The van der Waals surface area contributed by atoms with Gasteiger partial charge < -0.3 is 4.57 Å². The Morgan fingerprint density at radius 1 is 0.760 bits per heavy atom. The van der Waals surface area contributed by atoms with Gasteiger partial charge in [-0.3, -0.25) is 4.79 Å². The molecule has 0 spiro atoms. The van der Waals surface area contributed by atoms with Crippen molar-refractivity contribution in [3.63, 3.8) is 0 Å². The summed E-state index contributed by atoms with van der Waals surface area (Å²) in [7, 11) is 0. The topological polar surface area (TPSA) is 22.0 Å². The number of hydrogen-bond donors (Lipinski definition) is 0. The van der Waals surface area contributed by atoms with Crippen molar-refractivity contribution >= 4 is 10.8 Å². The number of hydrogen-bond acceptors (Lipinski definition) is 1. The summed E-state index contributed by atoms with van der Waals surface area (Å²) < 4.78 is 1.96. The predicted molar refractivity (Wildman–Crippen MR) is 102 cm³/mol. The van der Waals surface area contributed by atoms with Crippen LogP contribution < -0.4 is 5.56 Å². The van der Waals surface area contributed by atoms with Crippen LogP contribution >= 0.6 is 0 Å². The van der Waals surface area contributed by atoms with Crippen LogP contribution in [-0.4, -0.2) is 4.57 Å². The number of aromatic nitrogens is 1. The summed E-state index contributed by atoms with van der Waals surface area (Å²) in [5.41, 5.74) is 6.09. The Hall–Kier alpha value is -3.13. The van der Waals surface area contributed by atoms with Crippen molar-refractivity contribution in [2.45, 2.75) is 13.0 Å². The summed E-state index contributed by atoms with van der Waals surface area (Å²) in [6.07, 6.45) is 0.890. The van der Waals surface area contributed by atoms with E-state index in [4.69, 9.17) is 0 Å². The zero-order valence-electron chi connectivity index (χ0n) is 13.8. The second-order valence-corrected chi connectivity index (χ2v) is 6.58. The molecule has 0 amide bonds. The molecule has 3 aromatic carbocycles. The van der Waals surface area contributed by atoms with Gasteiger partial charge in [0.1, 0.15) is 0 Å². The van der Waals surface area contributed by atoms with Crippen LogP contribution in [0.25, 0.3) is 22.0 Å². The van der Waals surface area contributed by atoms with Crippen LogP contribution in [0.15, 0.2) is 83.7 Å². The Bertz CT molecular complexity index is 1160. The van der Waals surface area contributed by atoms with Gasteiger partial charge in [-0.15, -0.1) is 0 Å². The monoisotopic (exact) mass is 323 g/mol. The zero-order chi connectivity index (χ0) is 16.8. The first-order chi connectivity index (χ1) is 12.3. The fourth-order valence-corrected chi connectivity index (χ4v) is 3.97. The molecule has 1 aliphatic carbocycles. The summed E-state index contributed by atoms with van der Waals surface area (Å²) in [6.45, 7) is 0.598. The number of rotatable bonds is 2. The van der Waals surface area contributed by atoms with E-state index in [1.165, 1.54) is 16.7 Å². The summed E-state index contributed by atoms with van der Waals surface area (Å²) in [6, 6.07) is 26.6. The minimum Gasteiger partial charge on any atom is -0.303 e. The minimum atomic E-state index is 0.0925. The first-order valence-electron chi connectivity index (χ1n) is 8.59. The third-order valence-corrected chi connectivity index (χ3v) is 5.11. The van der Waals surface area contributed by atoms with Gasteiger partial charge in [-0.25, -0.2) is 0 Å². The smallest absolute Gasteiger partial charge is 0.259 e. The van der Waals surface area contributed by atoms with E-state index < -0.39 is 0 Å². The lowest BCUT2D eigenvalue weighted by molar-refractivity contribution is 0.775. The lowest BCUT2D eigenvalue weighted by Gasteiger charge is -2.16. The quantitative estimate of drug-likeness (QED) is 0.464. The molecule has 1 heterocycles. The Labute approximate surface area is 146 Å². The van der Waals surface area contributed by atoms with E-state index in [-0.39, 0.29) is 5.56 Å². The van der Waals surface area contributed by atoms with Crippen molar-refractivity contribution in [3.8, 4) is 11.3 Å². The third kappa shape index (κ3) is 2.14. The summed E-state index contributed by atoms with van der Waals surface area (Å²) in [4.78, 5) is 13.3. The normalized spacial score (nSPS) is 12.2. The molecule has 0 radical (unpaired) electrons. The van der Waals surface area contributed by atoms with Gasteiger partial charge in [-0.1, -0.05) is 72.8 Å². The van der Waals surface area contributed by atoms with E-state index in [2.05, 4.69) is 42.5 Å². The molecule has 5 rings (SSSR count). The van der Waals surface area contributed by atoms with Gasteiger partial charge >= 0.3 is 0 Å².